The standard InChI is InChI=1S/C17H23N3O/c1-4-14(3)20-17(21)16(11-18)12-19-9-8-15-7-5-6-13(2)10-15/h5-7,10,12,14,19H,4,8-9H2,1-3H3,(H,20,21)/b16-12-. The van der Waals surface area contributed by atoms with E-state index in [1.165, 1.54) is 17.3 Å². The fraction of sp³-hybridized carbons (Fsp3) is 0.412. The molecule has 0 heterocycles. The molecule has 0 aliphatic heterocycles. The molecule has 1 aromatic carbocycles. The third-order valence-corrected chi connectivity index (χ3v) is 3.24. The summed E-state index contributed by atoms with van der Waals surface area (Å²) in [6.07, 6.45) is 3.18. The zero-order valence-corrected chi connectivity index (χ0v) is 12.9. The third-order valence-electron chi connectivity index (χ3n) is 3.24. The van der Waals surface area contributed by atoms with Crippen molar-refractivity contribution in [3.8, 4) is 6.07 Å². The van der Waals surface area contributed by atoms with Gasteiger partial charge >= 0.3 is 0 Å². The second kappa shape index (κ2) is 8.80. The monoisotopic (exact) mass is 285 g/mol. The molecule has 0 saturated heterocycles. The fourth-order valence-corrected chi connectivity index (χ4v) is 1.81. The number of carbonyl (C=O) groups is 1. The molecule has 4 heteroatoms. The van der Waals surface area contributed by atoms with Crippen LogP contribution in [0.2, 0.25) is 0 Å². The maximum Gasteiger partial charge on any atom is 0.263 e. The van der Waals surface area contributed by atoms with Crippen LogP contribution in [0.25, 0.3) is 0 Å². The zero-order valence-electron chi connectivity index (χ0n) is 12.9. The Morgan fingerprint density at radius 2 is 2.24 bits per heavy atom. The molecule has 1 atom stereocenters. The van der Waals surface area contributed by atoms with E-state index in [0.717, 1.165) is 12.8 Å². The Balaban J connectivity index is 2.46. The van der Waals surface area contributed by atoms with Gasteiger partial charge in [0.2, 0.25) is 0 Å². The molecule has 2 N–H and O–H groups in total. The van der Waals surface area contributed by atoms with Gasteiger partial charge in [0, 0.05) is 18.8 Å². The second-order valence-corrected chi connectivity index (χ2v) is 5.15. The summed E-state index contributed by atoms with van der Waals surface area (Å²) in [6.45, 7) is 6.65. The number of nitrogens with one attached hydrogen (secondary N) is 2. The zero-order chi connectivity index (χ0) is 15.7. The smallest absolute Gasteiger partial charge is 0.263 e. The van der Waals surface area contributed by atoms with Gasteiger partial charge in [-0.15, -0.1) is 0 Å². The van der Waals surface area contributed by atoms with E-state index >= 15 is 0 Å². The van der Waals surface area contributed by atoms with E-state index < -0.39 is 0 Å². The number of nitrogens with zero attached hydrogens (tertiary/aromatic N) is 1. The molecule has 112 valence electrons. The minimum Gasteiger partial charge on any atom is -0.389 e. The largest absolute Gasteiger partial charge is 0.389 e. The number of aryl methyl sites for hydroxylation is 1. The average molecular weight is 285 g/mol. The molecular formula is C17H23N3O. The summed E-state index contributed by atoms with van der Waals surface area (Å²) in [4.78, 5) is 11.8. The Bertz CT molecular complexity index is 543. The number of benzene rings is 1. The number of hydrogen-bond acceptors (Lipinski definition) is 3. The highest BCUT2D eigenvalue weighted by Gasteiger charge is 2.10. The molecule has 0 bridgehead atoms. The van der Waals surface area contributed by atoms with E-state index in [0.29, 0.717) is 6.54 Å². The van der Waals surface area contributed by atoms with Gasteiger partial charge in [-0.25, -0.2) is 0 Å². The van der Waals surface area contributed by atoms with Crippen molar-refractivity contribution < 1.29 is 4.79 Å². The van der Waals surface area contributed by atoms with Crippen molar-refractivity contribution in [2.75, 3.05) is 6.54 Å². The van der Waals surface area contributed by atoms with Crippen LogP contribution in [0.1, 0.15) is 31.4 Å². The van der Waals surface area contributed by atoms with Gasteiger partial charge in [0.15, 0.2) is 0 Å². The minimum absolute atomic E-state index is 0.0709. The molecule has 1 amide bonds. The maximum absolute atomic E-state index is 11.8. The van der Waals surface area contributed by atoms with Crippen LogP contribution in [0.15, 0.2) is 36.0 Å². The first-order chi connectivity index (χ1) is 10.1. The molecular weight excluding hydrogens is 262 g/mol. The van der Waals surface area contributed by atoms with Crippen LogP contribution < -0.4 is 10.6 Å². The van der Waals surface area contributed by atoms with Crippen molar-refractivity contribution in [1.29, 1.82) is 5.26 Å². The summed E-state index contributed by atoms with van der Waals surface area (Å²) in [6, 6.07) is 10.3. The Morgan fingerprint density at radius 1 is 1.48 bits per heavy atom. The lowest BCUT2D eigenvalue weighted by Gasteiger charge is -2.10. The van der Waals surface area contributed by atoms with Gasteiger partial charge in [-0.1, -0.05) is 36.8 Å². The minimum atomic E-state index is -0.324. The lowest BCUT2D eigenvalue weighted by atomic mass is 10.1. The van der Waals surface area contributed by atoms with Gasteiger partial charge in [0.05, 0.1) is 0 Å². The molecule has 21 heavy (non-hydrogen) atoms. The molecule has 0 spiro atoms. The van der Waals surface area contributed by atoms with E-state index in [1.807, 2.05) is 26.0 Å². The lowest BCUT2D eigenvalue weighted by molar-refractivity contribution is -0.117. The highest BCUT2D eigenvalue weighted by atomic mass is 16.1. The highest BCUT2D eigenvalue weighted by Crippen LogP contribution is 2.04. The molecule has 1 aromatic rings. The Hall–Kier alpha value is -2.28. The van der Waals surface area contributed by atoms with E-state index in [-0.39, 0.29) is 17.5 Å². The van der Waals surface area contributed by atoms with E-state index in [2.05, 4.69) is 35.8 Å². The van der Waals surface area contributed by atoms with Crippen LogP contribution in [0, 0.1) is 18.3 Å². The van der Waals surface area contributed by atoms with Gasteiger partial charge in [-0.05, 0) is 32.3 Å². The van der Waals surface area contributed by atoms with Crippen molar-refractivity contribution in [3.63, 3.8) is 0 Å². The summed E-state index contributed by atoms with van der Waals surface area (Å²) in [7, 11) is 0. The van der Waals surface area contributed by atoms with Crippen molar-refractivity contribution in [2.45, 2.75) is 39.7 Å². The van der Waals surface area contributed by atoms with Crippen LogP contribution in [0.3, 0.4) is 0 Å². The second-order valence-electron chi connectivity index (χ2n) is 5.15. The molecule has 1 unspecified atom stereocenters. The molecule has 4 nitrogen and oxygen atoms in total. The van der Waals surface area contributed by atoms with E-state index in [4.69, 9.17) is 5.26 Å². The van der Waals surface area contributed by atoms with E-state index in [9.17, 15) is 4.79 Å². The molecule has 0 saturated carbocycles. The normalized spacial score (nSPS) is 12.4. The summed E-state index contributed by atoms with van der Waals surface area (Å²) in [5.74, 6) is -0.324. The summed E-state index contributed by atoms with van der Waals surface area (Å²) in [5, 5.41) is 14.8. The molecule has 0 radical (unpaired) electrons. The van der Waals surface area contributed by atoms with Crippen molar-refractivity contribution in [3.05, 3.63) is 47.2 Å². The van der Waals surface area contributed by atoms with Crippen molar-refractivity contribution in [1.82, 2.24) is 10.6 Å². The average Bonchev–Trinajstić information content (AvgIpc) is 2.47. The summed E-state index contributed by atoms with van der Waals surface area (Å²) < 4.78 is 0. The quantitative estimate of drug-likeness (QED) is 0.459. The number of carbonyl (C=O) groups excluding carboxylic acids is 1. The number of rotatable bonds is 7. The third kappa shape index (κ3) is 6.13. The summed E-state index contributed by atoms with van der Waals surface area (Å²) in [5.41, 5.74) is 2.58. The first kappa shape index (κ1) is 16.8. The van der Waals surface area contributed by atoms with Crippen molar-refractivity contribution >= 4 is 5.91 Å². The van der Waals surface area contributed by atoms with Gasteiger partial charge in [-0.2, -0.15) is 5.26 Å². The van der Waals surface area contributed by atoms with Crippen LogP contribution in [0.5, 0.6) is 0 Å². The maximum atomic E-state index is 11.8. The van der Waals surface area contributed by atoms with E-state index in [1.54, 1.807) is 0 Å². The Morgan fingerprint density at radius 3 is 2.86 bits per heavy atom. The summed E-state index contributed by atoms with van der Waals surface area (Å²) >= 11 is 0. The van der Waals surface area contributed by atoms with Crippen molar-refractivity contribution in [2.24, 2.45) is 0 Å². The van der Waals surface area contributed by atoms with Gasteiger partial charge < -0.3 is 10.6 Å². The highest BCUT2D eigenvalue weighted by molar-refractivity contribution is 5.97. The molecule has 0 fully saturated rings. The van der Waals surface area contributed by atoms with Crippen LogP contribution >= 0.6 is 0 Å². The topological polar surface area (TPSA) is 64.9 Å². The molecule has 0 aliphatic carbocycles. The lowest BCUT2D eigenvalue weighted by Crippen LogP contribution is -2.33. The number of nitriles is 1. The van der Waals surface area contributed by atoms with Crippen LogP contribution in [-0.2, 0) is 11.2 Å². The molecule has 1 rings (SSSR count). The van der Waals surface area contributed by atoms with Crippen LogP contribution in [0.4, 0.5) is 0 Å². The van der Waals surface area contributed by atoms with Crippen LogP contribution in [-0.4, -0.2) is 18.5 Å². The predicted molar refractivity (Wildman–Crippen MR) is 84.5 cm³/mol. The number of amides is 1. The Kier molecular flexibility index (Phi) is 7.03. The fourth-order valence-electron chi connectivity index (χ4n) is 1.81. The SMILES string of the molecule is CCC(C)NC(=O)/C(C#N)=C\NCCc1cccc(C)c1. The first-order valence-electron chi connectivity index (χ1n) is 7.26. The van der Waals surface area contributed by atoms with Gasteiger partial charge in [0.25, 0.3) is 5.91 Å². The Labute approximate surface area is 126 Å². The van der Waals surface area contributed by atoms with Gasteiger partial charge in [-0.3, -0.25) is 4.79 Å². The first-order valence-corrected chi connectivity index (χ1v) is 7.26. The van der Waals surface area contributed by atoms with Gasteiger partial charge in [0.1, 0.15) is 11.6 Å². The molecule has 0 aromatic heterocycles. The molecule has 0 aliphatic rings. The predicted octanol–water partition coefficient (Wildman–Crippen LogP) is 2.45. The number of hydrogen-bond donors (Lipinski definition) is 2.